The molecule has 0 saturated carbocycles. The van der Waals surface area contributed by atoms with E-state index in [1.165, 1.54) is 12.0 Å². The monoisotopic (exact) mass is 532 g/mol. The Morgan fingerprint density at radius 1 is 1.07 bits per heavy atom. The molecule has 2 radical (unpaired) electrons. The van der Waals surface area contributed by atoms with E-state index in [1.54, 1.807) is 17.8 Å². The van der Waals surface area contributed by atoms with Gasteiger partial charge in [-0.3, -0.25) is 4.90 Å². The third kappa shape index (κ3) is 4.33. The summed E-state index contributed by atoms with van der Waals surface area (Å²) >= 11 is 0. The molecule has 4 aromatic rings. The molecule has 0 spiro atoms. The Morgan fingerprint density at radius 3 is 2.60 bits per heavy atom. The van der Waals surface area contributed by atoms with E-state index in [4.69, 9.17) is 22.3 Å². The van der Waals surface area contributed by atoms with E-state index in [0.29, 0.717) is 42.2 Å². The Hall–Kier alpha value is -4.14. The van der Waals surface area contributed by atoms with Crippen LogP contribution in [0.1, 0.15) is 17.5 Å². The molecule has 4 aliphatic rings. The first-order chi connectivity index (χ1) is 19.6. The summed E-state index contributed by atoms with van der Waals surface area (Å²) in [6.45, 7) is 5.63. The van der Waals surface area contributed by atoms with Crippen molar-refractivity contribution in [1.29, 1.82) is 5.26 Å². The van der Waals surface area contributed by atoms with Gasteiger partial charge in [0.1, 0.15) is 19.7 Å². The molecule has 11 heteroatoms. The number of pyridine rings is 3. The van der Waals surface area contributed by atoms with Crippen LogP contribution in [-0.2, 0) is 11.3 Å². The van der Waals surface area contributed by atoms with Crippen LogP contribution in [0, 0.1) is 11.3 Å². The first-order valence-electron chi connectivity index (χ1n) is 13.6. The number of methoxy groups -OCH3 is 1. The fourth-order valence-electron chi connectivity index (χ4n) is 6.24. The molecular formula is C29H29BN8O2. The molecule has 4 aromatic heterocycles. The van der Waals surface area contributed by atoms with Gasteiger partial charge in [-0.1, -0.05) is 17.6 Å². The third-order valence-electron chi connectivity index (χ3n) is 8.32. The Kier molecular flexibility index (Phi) is 6.29. The Bertz CT molecular complexity index is 1580. The predicted molar refractivity (Wildman–Crippen MR) is 152 cm³/mol. The number of rotatable bonds is 6. The van der Waals surface area contributed by atoms with Crippen LogP contribution >= 0.6 is 0 Å². The van der Waals surface area contributed by atoms with Crippen LogP contribution in [-0.4, -0.2) is 90.9 Å². The van der Waals surface area contributed by atoms with E-state index in [-0.39, 0.29) is 0 Å². The fraction of sp³-hybridized carbons (Fsp3) is 0.379. The lowest BCUT2D eigenvalue weighted by Gasteiger charge is -2.57. The van der Waals surface area contributed by atoms with Gasteiger partial charge in [-0.25, -0.2) is 14.5 Å². The minimum Gasteiger partial charge on any atom is -0.481 e. The number of aromatic nitrogens is 4. The van der Waals surface area contributed by atoms with Crippen molar-refractivity contribution in [2.75, 3.05) is 56.3 Å². The summed E-state index contributed by atoms with van der Waals surface area (Å²) in [5.74, 6) is 1.45. The van der Waals surface area contributed by atoms with Gasteiger partial charge in [-0.05, 0) is 18.1 Å². The molecule has 200 valence electrons. The maximum Gasteiger partial charge on any atom is 0.212 e. The lowest BCUT2D eigenvalue weighted by Crippen LogP contribution is -2.68. The van der Waals surface area contributed by atoms with E-state index < -0.39 is 0 Å². The van der Waals surface area contributed by atoms with Gasteiger partial charge in [-0.15, -0.1) is 0 Å². The van der Waals surface area contributed by atoms with E-state index in [2.05, 4.69) is 43.0 Å². The molecule has 0 aliphatic carbocycles. The number of morpholine rings is 1. The molecule has 0 aromatic carbocycles. The van der Waals surface area contributed by atoms with Crippen molar-refractivity contribution in [3.05, 3.63) is 60.2 Å². The number of ether oxygens (including phenoxy) is 2. The van der Waals surface area contributed by atoms with Crippen molar-refractivity contribution in [3.8, 4) is 23.1 Å². The van der Waals surface area contributed by atoms with Crippen molar-refractivity contribution in [2.45, 2.75) is 25.0 Å². The van der Waals surface area contributed by atoms with Crippen LogP contribution < -0.4 is 20.0 Å². The molecule has 10 nitrogen and oxygen atoms in total. The molecule has 2 unspecified atom stereocenters. The first-order valence-corrected chi connectivity index (χ1v) is 13.6. The number of fused-ring (bicyclic) bond motifs is 3. The molecule has 4 saturated heterocycles. The summed E-state index contributed by atoms with van der Waals surface area (Å²) in [7, 11) is 8.29. The number of piperazine rings is 1. The average molecular weight is 532 g/mol. The highest BCUT2D eigenvalue weighted by Gasteiger charge is 2.44. The van der Waals surface area contributed by atoms with Crippen LogP contribution in [0.2, 0.25) is 0 Å². The summed E-state index contributed by atoms with van der Waals surface area (Å²) in [4.78, 5) is 16.3. The lowest BCUT2D eigenvalue weighted by atomic mass is 9.85. The number of nitrogens with zero attached hydrogens (tertiary/aromatic N) is 8. The minimum absolute atomic E-state index is 0.455. The number of anilines is 2. The fourth-order valence-corrected chi connectivity index (χ4v) is 6.24. The smallest absolute Gasteiger partial charge is 0.212 e. The van der Waals surface area contributed by atoms with Gasteiger partial charge in [0.25, 0.3) is 0 Å². The van der Waals surface area contributed by atoms with Crippen molar-refractivity contribution in [1.82, 2.24) is 24.5 Å². The second-order valence-electron chi connectivity index (χ2n) is 10.6. The van der Waals surface area contributed by atoms with Gasteiger partial charge >= 0.3 is 0 Å². The molecule has 4 aliphatic heterocycles. The van der Waals surface area contributed by atoms with Gasteiger partial charge in [-0.2, -0.15) is 10.4 Å². The highest BCUT2D eigenvalue weighted by Crippen LogP contribution is 2.36. The lowest BCUT2D eigenvalue weighted by molar-refractivity contribution is -0.00870. The predicted octanol–water partition coefficient (Wildman–Crippen LogP) is 1.77. The number of piperidine rings is 1. The van der Waals surface area contributed by atoms with E-state index in [9.17, 15) is 5.26 Å². The van der Waals surface area contributed by atoms with E-state index in [1.807, 2.05) is 30.7 Å². The second kappa shape index (κ2) is 10.1. The third-order valence-corrected chi connectivity index (χ3v) is 8.32. The van der Waals surface area contributed by atoms with Crippen molar-refractivity contribution in [3.63, 3.8) is 0 Å². The number of nitriles is 1. The van der Waals surface area contributed by atoms with Gasteiger partial charge in [0, 0.05) is 74.4 Å². The molecule has 2 atom stereocenters. The Morgan fingerprint density at radius 2 is 1.90 bits per heavy atom. The molecule has 8 rings (SSSR count). The number of hydrogen-bond acceptors (Lipinski definition) is 9. The largest absolute Gasteiger partial charge is 0.481 e. The molecule has 4 fully saturated rings. The van der Waals surface area contributed by atoms with Crippen molar-refractivity contribution >= 4 is 30.3 Å². The first kappa shape index (κ1) is 24.9. The van der Waals surface area contributed by atoms with Gasteiger partial charge in [0.2, 0.25) is 5.88 Å². The summed E-state index contributed by atoms with van der Waals surface area (Å²) in [6, 6.07) is 11.3. The second-order valence-corrected chi connectivity index (χ2v) is 10.6. The zero-order valence-corrected chi connectivity index (χ0v) is 22.4. The van der Waals surface area contributed by atoms with Crippen LogP contribution in [0.25, 0.3) is 16.6 Å². The van der Waals surface area contributed by atoms with E-state index in [0.717, 1.165) is 60.9 Å². The van der Waals surface area contributed by atoms with Crippen molar-refractivity contribution < 1.29 is 9.47 Å². The number of hydrogen-bond donors (Lipinski definition) is 0. The van der Waals surface area contributed by atoms with Crippen LogP contribution in [0.5, 0.6) is 5.88 Å². The molecular weight excluding hydrogens is 503 g/mol. The zero-order chi connectivity index (χ0) is 27.2. The normalized spacial score (nSPS) is 20.8. The van der Waals surface area contributed by atoms with Crippen LogP contribution in [0.15, 0.2) is 49.1 Å². The molecule has 0 N–H and O–H groups in total. The highest BCUT2D eigenvalue weighted by atomic mass is 16.5. The molecule has 40 heavy (non-hydrogen) atoms. The summed E-state index contributed by atoms with van der Waals surface area (Å²) in [5.41, 5.74) is 5.90. The SMILES string of the molecule is [B]c1cc(-c2cc(N3CCOCC3)cn3ncc(C#N)c23)cnc1N1CC2CC(C1)N2Cc1ccc(OC)nc1. The van der Waals surface area contributed by atoms with Gasteiger partial charge < -0.3 is 19.3 Å². The standard InChI is InChI=1S/C29H29BN8O2/c1-39-27-3-2-19(12-32-27)15-37-23-9-24(37)17-36(16-23)29-26(30)8-20(13-33-29)25-10-22(35-4-6-40-7-5-35)18-38-28(25)21(11-31)14-34-38/h2-3,8,10,12-14,18,23-24H,4-7,9,15-17H2,1H3. The quantitative estimate of drug-likeness (QED) is 0.345. The zero-order valence-electron chi connectivity index (χ0n) is 22.4. The maximum absolute atomic E-state index is 9.76. The van der Waals surface area contributed by atoms with Gasteiger partial charge in [0.15, 0.2) is 0 Å². The highest BCUT2D eigenvalue weighted by molar-refractivity contribution is 6.35. The summed E-state index contributed by atoms with van der Waals surface area (Å²) < 4.78 is 12.5. The van der Waals surface area contributed by atoms with E-state index >= 15 is 0 Å². The van der Waals surface area contributed by atoms with Gasteiger partial charge in [0.05, 0.1) is 49.5 Å². The van der Waals surface area contributed by atoms with Crippen molar-refractivity contribution in [2.24, 2.45) is 0 Å². The van der Waals surface area contributed by atoms with Crippen LogP contribution in [0.3, 0.4) is 0 Å². The summed E-state index contributed by atoms with van der Waals surface area (Å²) in [5, 5.41) is 14.2. The molecule has 0 amide bonds. The average Bonchev–Trinajstić information content (AvgIpc) is 3.43. The molecule has 2 bridgehead atoms. The van der Waals surface area contributed by atoms with Crippen LogP contribution in [0.4, 0.5) is 11.5 Å². The topological polar surface area (TPSA) is 95.0 Å². The Balaban J connectivity index is 1.13. The summed E-state index contributed by atoms with van der Waals surface area (Å²) in [6.07, 6.45) is 8.54. The maximum atomic E-state index is 9.76. The molecule has 8 heterocycles. The minimum atomic E-state index is 0.455. The Labute approximate surface area is 234 Å².